The third-order valence-corrected chi connectivity index (χ3v) is 2.19. The van der Waals surface area contributed by atoms with Crippen molar-refractivity contribution in [3.63, 3.8) is 0 Å². The van der Waals surface area contributed by atoms with Crippen LogP contribution in [-0.2, 0) is 0 Å². The van der Waals surface area contributed by atoms with Gasteiger partial charge in [-0.05, 0) is 33.5 Å². The van der Waals surface area contributed by atoms with Crippen LogP contribution in [0.15, 0.2) is 0 Å². The highest BCUT2D eigenvalue weighted by Gasteiger charge is 2.19. The first kappa shape index (κ1) is 7.98. The Morgan fingerprint density at radius 3 is 2.90 bits per heavy atom. The Morgan fingerprint density at radius 1 is 1.60 bits per heavy atom. The maximum Gasteiger partial charge on any atom is 0.0256 e. The molecule has 0 aliphatic carbocycles. The monoisotopic (exact) mass is 143 g/mol. The zero-order valence-electron chi connectivity index (χ0n) is 6.85. The fourth-order valence-corrected chi connectivity index (χ4v) is 1.46. The van der Waals surface area contributed by atoms with E-state index in [0.29, 0.717) is 0 Å². The van der Waals surface area contributed by atoms with Crippen molar-refractivity contribution in [1.82, 2.24) is 15.8 Å². The molecule has 10 heavy (non-hydrogen) atoms. The van der Waals surface area contributed by atoms with E-state index in [1.807, 2.05) is 7.05 Å². The minimum atomic E-state index is 0.743. The maximum atomic E-state index is 3.13. The predicted octanol–water partition coefficient (Wildman–Crippen LogP) is -0.195. The van der Waals surface area contributed by atoms with Crippen molar-refractivity contribution in [1.29, 1.82) is 0 Å². The Labute approximate surface area is 62.8 Å². The van der Waals surface area contributed by atoms with E-state index in [4.69, 9.17) is 0 Å². The summed E-state index contributed by atoms with van der Waals surface area (Å²) in [6.07, 6.45) is 2.69. The number of rotatable bonds is 3. The quantitative estimate of drug-likeness (QED) is 0.536. The minimum Gasteiger partial charge on any atom is -0.302 e. The topological polar surface area (TPSA) is 27.3 Å². The second-order valence-electron chi connectivity index (χ2n) is 2.91. The number of nitrogens with one attached hydrogen (secondary N) is 2. The lowest BCUT2D eigenvalue weighted by molar-refractivity contribution is 0.293. The third-order valence-electron chi connectivity index (χ3n) is 2.19. The molecule has 60 valence electrons. The summed E-state index contributed by atoms with van der Waals surface area (Å²) in [6.45, 7) is 2.32. The summed E-state index contributed by atoms with van der Waals surface area (Å²) in [5, 5.41) is 0. The van der Waals surface area contributed by atoms with Gasteiger partial charge < -0.3 is 4.90 Å². The number of hydrazine groups is 1. The molecule has 1 atom stereocenters. The van der Waals surface area contributed by atoms with Gasteiger partial charge in [0.05, 0.1) is 0 Å². The van der Waals surface area contributed by atoms with Crippen molar-refractivity contribution in [3.05, 3.63) is 0 Å². The van der Waals surface area contributed by atoms with E-state index < -0.39 is 0 Å². The largest absolute Gasteiger partial charge is 0.302 e. The lowest BCUT2D eigenvalue weighted by Gasteiger charge is -2.18. The number of hydrogen-bond donors (Lipinski definition) is 2. The molecule has 0 bridgehead atoms. The molecule has 0 radical (unpaired) electrons. The van der Waals surface area contributed by atoms with Crippen LogP contribution in [-0.4, -0.2) is 38.1 Å². The first-order valence-electron chi connectivity index (χ1n) is 3.94. The molecule has 0 spiro atoms. The highest BCUT2D eigenvalue weighted by Crippen LogP contribution is 2.12. The van der Waals surface area contributed by atoms with Crippen LogP contribution in [0, 0.1) is 0 Å². The zero-order chi connectivity index (χ0) is 7.40. The number of likely N-dealkylation sites (tertiary alicyclic amines) is 1. The minimum absolute atomic E-state index is 0.743. The number of nitrogens with zero attached hydrogens (tertiary/aromatic N) is 1. The molecule has 0 amide bonds. The van der Waals surface area contributed by atoms with E-state index >= 15 is 0 Å². The molecule has 0 aromatic rings. The van der Waals surface area contributed by atoms with Gasteiger partial charge >= 0.3 is 0 Å². The maximum absolute atomic E-state index is 3.13. The Morgan fingerprint density at radius 2 is 2.40 bits per heavy atom. The Kier molecular flexibility index (Phi) is 3.12. The first-order chi connectivity index (χ1) is 4.84. The normalized spacial score (nSPS) is 27.6. The Bertz CT molecular complexity index is 94.9. The van der Waals surface area contributed by atoms with Gasteiger partial charge in [0.2, 0.25) is 0 Å². The summed E-state index contributed by atoms with van der Waals surface area (Å²) in [6, 6.07) is 0.743. The van der Waals surface area contributed by atoms with Gasteiger partial charge in [0.25, 0.3) is 0 Å². The molecule has 1 aliphatic rings. The van der Waals surface area contributed by atoms with Gasteiger partial charge in [-0.1, -0.05) is 0 Å². The average molecular weight is 143 g/mol. The molecule has 2 N–H and O–H groups in total. The smallest absolute Gasteiger partial charge is 0.0256 e. The summed E-state index contributed by atoms with van der Waals surface area (Å²) < 4.78 is 0. The summed E-state index contributed by atoms with van der Waals surface area (Å²) in [5.74, 6) is 0. The van der Waals surface area contributed by atoms with Gasteiger partial charge in [0.1, 0.15) is 0 Å². The standard InChI is InChI=1S/C7H17N3/c1-8-9-6-7-4-3-5-10(7)2/h7-9H,3-6H2,1-2H3. The molecule has 1 rings (SSSR count). The van der Waals surface area contributed by atoms with Crippen LogP contribution in [0.1, 0.15) is 12.8 Å². The first-order valence-corrected chi connectivity index (χ1v) is 3.94. The van der Waals surface area contributed by atoms with E-state index in [1.165, 1.54) is 19.4 Å². The highest BCUT2D eigenvalue weighted by atomic mass is 15.3. The fraction of sp³-hybridized carbons (Fsp3) is 1.00. The molecule has 0 aromatic heterocycles. The third kappa shape index (κ3) is 1.94. The van der Waals surface area contributed by atoms with Gasteiger partial charge in [-0.25, -0.2) is 0 Å². The van der Waals surface area contributed by atoms with Crippen LogP contribution in [0.2, 0.25) is 0 Å². The summed E-state index contributed by atoms with van der Waals surface area (Å²) >= 11 is 0. The molecule has 0 saturated carbocycles. The van der Waals surface area contributed by atoms with Crippen molar-refractivity contribution in [2.24, 2.45) is 0 Å². The Balaban J connectivity index is 2.14. The predicted molar refractivity (Wildman–Crippen MR) is 42.7 cm³/mol. The van der Waals surface area contributed by atoms with Gasteiger partial charge in [0, 0.05) is 12.6 Å². The Hall–Kier alpha value is -0.120. The average Bonchev–Trinajstić information content (AvgIpc) is 2.31. The van der Waals surface area contributed by atoms with Gasteiger partial charge in [-0.3, -0.25) is 10.9 Å². The summed E-state index contributed by atoms with van der Waals surface area (Å²) in [7, 11) is 4.10. The van der Waals surface area contributed by atoms with Crippen molar-refractivity contribution < 1.29 is 0 Å². The molecule has 3 heteroatoms. The zero-order valence-corrected chi connectivity index (χ0v) is 6.85. The second-order valence-corrected chi connectivity index (χ2v) is 2.91. The molecule has 1 heterocycles. The van der Waals surface area contributed by atoms with E-state index in [9.17, 15) is 0 Å². The van der Waals surface area contributed by atoms with Crippen LogP contribution < -0.4 is 10.9 Å². The molecular weight excluding hydrogens is 126 g/mol. The van der Waals surface area contributed by atoms with Crippen LogP contribution >= 0.6 is 0 Å². The van der Waals surface area contributed by atoms with Crippen LogP contribution in [0.4, 0.5) is 0 Å². The van der Waals surface area contributed by atoms with Gasteiger partial charge in [0.15, 0.2) is 0 Å². The highest BCUT2D eigenvalue weighted by molar-refractivity contribution is 4.77. The van der Waals surface area contributed by atoms with Crippen molar-refractivity contribution >= 4 is 0 Å². The van der Waals surface area contributed by atoms with Crippen molar-refractivity contribution in [3.8, 4) is 0 Å². The molecule has 3 nitrogen and oxygen atoms in total. The molecule has 1 saturated heterocycles. The van der Waals surface area contributed by atoms with E-state index in [-0.39, 0.29) is 0 Å². The van der Waals surface area contributed by atoms with E-state index in [1.54, 1.807) is 0 Å². The van der Waals surface area contributed by atoms with Crippen molar-refractivity contribution in [2.75, 3.05) is 27.2 Å². The lowest BCUT2D eigenvalue weighted by Crippen LogP contribution is -2.40. The molecular formula is C7H17N3. The lowest BCUT2D eigenvalue weighted by atomic mass is 10.2. The fourth-order valence-electron chi connectivity index (χ4n) is 1.46. The van der Waals surface area contributed by atoms with Crippen molar-refractivity contribution in [2.45, 2.75) is 18.9 Å². The second kappa shape index (κ2) is 3.91. The summed E-state index contributed by atoms with van der Waals surface area (Å²) in [5.41, 5.74) is 6.07. The van der Waals surface area contributed by atoms with Gasteiger partial charge in [-0.15, -0.1) is 0 Å². The number of likely N-dealkylation sites (N-methyl/N-ethyl adjacent to an activating group) is 1. The van der Waals surface area contributed by atoms with Gasteiger partial charge in [-0.2, -0.15) is 0 Å². The SMILES string of the molecule is CNNCC1CCCN1C. The molecule has 1 aliphatic heterocycles. The number of hydrogen-bond acceptors (Lipinski definition) is 3. The summed E-state index contributed by atoms with van der Waals surface area (Å²) in [4.78, 5) is 2.41. The molecule has 0 aromatic carbocycles. The van der Waals surface area contributed by atoms with E-state index in [2.05, 4.69) is 22.8 Å². The van der Waals surface area contributed by atoms with Crippen LogP contribution in [0.25, 0.3) is 0 Å². The molecule has 1 fully saturated rings. The van der Waals surface area contributed by atoms with E-state index in [0.717, 1.165) is 12.6 Å². The molecule has 1 unspecified atom stereocenters. The van der Waals surface area contributed by atoms with Crippen LogP contribution in [0.3, 0.4) is 0 Å². The van der Waals surface area contributed by atoms with Crippen LogP contribution in [0.5, 0.6) is 0 Å².